The van der Waals surface area contributed by atoms with Crippen LogP contribution in [-0.4, -0.2) is 30.8 Å². The first-order chi connectivity index (χ1) is 7.22. The van der Waals surface area contributed by atoms with Crippen LogP contribution < -0.4 is 10.1 Å². The monoisotopic (exact) mass is 229 g/mol. The van der Waals surface area contributed by atoms with Crippen LogP contribution in [0.15, 0.2) is 11.4 Å². The fraction of sp³-hybridized carbons (Fsp3) is 0.500. The molecule has 2 N–H and O–H groups in total. The van der Waals surface area contributed by atoms with E-state index >= 15 is 0 Å². The van der Waals surface area contributed by atoms with Crippen LogP contribution in [0.2, 0.25) is 0 Å². The molecule has 0 aromatic carbocycles. The molecule has 0 aliphatic carbocycles. The molecular formula is C10H15NO3S. The van der Waals surface area contributed by atoms with Crippen molar-refractivity contribution >= 4 is 17.2 Å². The quantitative estimate of drug-likeness (QED) is 0.799. The van der Waals surface area contributed by atoms with Crippen LogP contribution in [0, 0.1) is 0 Å². The molecule has 0 bridgehead atoms. The molecule has 1 rings (SSSR count). The summed E-state index contributed by atoms with van der Waals surface area (Å²) in [6.07, 6.45) is 0.704. The fourth-order valence-corrected chi connectivity index (χ4v) is 1.91. The minimum absolute atomic E-state index is 0.0457. The Kier molecular flexibility index (Phi) is 4.58. The number of methoxy groups -OCH3 is 1. The minimum atomic E-state index is -0.192. The summed E-state index contributed by atoms with van der Waals surface area (Å²) in [7, 11) is 1.53. The molecule has 5 heteroatoms. The van der Waals surface area contributed by atoms with Crippen molar-refractivity contribution in [1.82, 2.24) is 5.32 Å². The molecular weight excluding hydrogens is 214 g/mol. The van der Waals surface area contributed by atoms with E-state index in [9.17, 15) is 4.79 Å². The lowest BCUT2D eigenvalue weighted by atomic mass is 10.2. The number of nitrogens with one attached hydrogen (secondary N) is 1. The molecule has 15 heavy (non-hydrogen) atoms. The SMILES string of the molecule is CC[C@H](CO)NC(=O)c1sccc1OC. The van der Waals surface area contributed by atoms with E-state index < -0.39 is 0 Å². The van der Waals surface area contributed by atoms with Gasteiger partial charge in [0.25, 0.3) is 5.91 Å². The Morgan fingerprint density at radius 1 is 1.73 bits per heavy atom. The molecule has 0 saturated carbocycles. The number of rotatable bonds is 5. The van der Waals surface area contributed by atoms with Crippen LogP contribution in [0.1, 0.15) is 23.0 Å². The summed E-state index contributed by atoms with van der Waals surface area (Å²) < 4.78 is 5.04. The van der Waals surface area contributed by atoms with E-state index in [1.54, 1.807) is 11.4 Å². The molecule has 0 radical (unpaired) electrons. The number of aliphatic hydroxyl groups is 1. The molecule has 84 valence electrons. The van der Waals surface area contributed by atoms with Crippen molar-refractivity contribution in [2.75, 3.05) is 13.7 Å². The van der Waals surface area contributed by atoms with E-state index in [0.717, 1.165) is 0 Å². The number of aliphatic hydroxyl groups excluding tert-OH is 1. The van der Waals surface area contributed by atoms with E-state index in [-0.39, 0.29) is 18.6 Å². The average Bonchev–Trinajstić information content (AvgIpc) is 2.73. The number of hydrogen-bond acceptors (Lipinski definition) is 4. The molecule has 1 amide bonds. The second kappa shape index (κ2) is 5.72. The Hall–Kier alpha value is -1.07. The van der Waals surface area contributed by atoms with Crippen molar-refractivity contribution < 1.29 is 14.6 Å². The van der Waals surface area contributed by atoms with Crippen LogP contribution in [0.5, 0.6) is 5.75 Å². The number of hydrogen-bond donors (Lipinski definition) is 2. The maximum absolute atomic E-state index is 11.7. The topological polar surface area (TPSA) is 58.6 Å². The van der Waals surface area contributed by atoms with Crippen LogP contribution in [0.4, 0.5) is 0 Å². The van der Waals surface area contributed by atoms with Gasteiger partial charge in [-0.3, -0.25) is 4.79 Å². The molecule has 4 nitrogen and oxygen atoms in total. The summed E-state index contributed by atoms with van der Waals surface area (Å²) in [5.41, 5.74) is 0. The molecule has 1 atom stereocenters. The summed E-state index contributed by atoms with van der Waals surface area (Å²) in [4.78, 5) is 12.3. The Bertz CT molecular complexity index is 320. The zero-order chi connectivity index (χ0) is 11.3. The van der Waals surface area contributed by atoms with Gasteiger partial charge in [0.15, 0.2) is 0 Å². The molecule has 1 aromatic heterocycles. The van der Waals surface area contributed by atoms with Gasteiger partial charge in [-0.2, -0.15) is 0 Å². The minimum Gasteiger partial charge on any atom is -0.495 e. The van der Waals surface area contributed by atoms with Crippen molar-refractivity contribution in [1.29, 1.82) is 0 Å². The summed E-state index contributed by atoms with van der Waals surface area (Å²) in [6.45, 7) is 1.86. The summed E-state index contributed by atoms with van der Waals surface area (Å²) in [5.74, 6) is 0.382. The first-order valence-corrected chi connectivity index (χ1v) is 5.64. The highest BCUT2D eigenvalue weighted by molar-refractivity contribution is 7.12. The normalized spacial score (nSPS) is 12.2. The van der Waals surface area contributed by atoms with Gasteiger partial charge in [-0.1, -0.05) is 6.92 Å². The molecule has 0 unspecified atom stereocenters. The number of amides is 1. The fourth-order valence-electron chi connectivity index (χ4n) is 1.15. The van der Waals surface area contributed by atoms with Gasteiger partial charge in [0.2, 0.25) is 0 Å². The van der Waals surface area contributed by atoms with Crippen molar-refractivity contribution in [2.45, 2.75) is 19.4 Å². The Labute approximate surface area is 92.9 Å². The second-order valence-corrected chi connectivity index (χ2v) is 4.00. The van der Waals surface area contributed by atoms with E-state index in [2.05, 4.69) is 5.32 Å². The van der Waals surface area contributed by atoms with Crippen LogP contribution in [0.25, 0.3) is 0 Å². The van der Waals surface area contributed by atoms with E-state index in [0.29, 0.717) is 17.0 Å². The second-order valence-electron chi connectivity index (χ2n) is 3.08. The lowest BCUT2D eigenvalue weighted by Gasteiger charge is -2.13. The first kappa shape index (κ1) is 12.0. The first-order valence-electron chi connectivity index (χ1n) is 4.76. The van der Waals surface area contributed by atoms with Crippen molar-refractivity contribution in [2.24, 2.45) is 0 Å². The molecule has 0 fully saturated rings. The third-order valence-corrected chi connectivity index (χ3v) is 3.00. The molecule has 0 aliphatic heterocycles. The maximum atomic E-state index is 11.7. The summed E-state index contributed by atoms with van der Waals surface area (Å²) in [5, 5.41) is 13.5. The van der Waals surface area contributed by atoms with E-state index in [1.165, 1.54) is 18.4 Å². The molecule has 0 aliphatic rings. The van der Waals surface area contributed by atoms with Crippen LogP contribution in [-0.2, 0) is 0 Å². The number of thiophene rings is 1. The Balaban J connectivity index is 2.68. The van der Waals surface area contributed by atoms with Gasteiger partial charge in [0, 0.05) is 0 Å². The van der Waals surface area contributed by atoms with Gasteiger partial charge in [-0.15, -0.1) is 11.3 Å². The van der Waals surface area contributed by atoms with E-state index in [4.69, 9.17) is 9.84 Å². The predicted molar refractivity (Wildman–Crippen MR) is 59.5 cm³/mol. The molecule has 0 spiro atoms. The van der Waals surface area contributed by atoms with E-state index in [1.807, 2.05) is 6.92 Å². The smallest absolute Gasteiger partial charge is 0.265 e. The van der Waals surface area contributed by atoms with Crippen molar-refractivity contribution in [3.63, 3.8) is 0 Å². The zero-order valence-electron chi connectivity index (χ0n) is 8.82. The largest absolute Gasteiger partial charge is 0.495 e. The van der Waals surface area contributed by atoms with Crippen LogP contribution in [0.3, 0.4) is 0 Å². The van der Waals surface area contributed by atoms with Gasteiger partial charge in [-0.05, 0) is 17.9 Å². The molecule has 1 heterocycles. The Morgan fingerprint density at radius 2 is 2.47 bits per heavy atom. The maximum Gasteiger partial charge on any atom is 0.265 e. The van der Waals surface area contributed by atoms with Crippen molar-refractivity contribution in [3.8, 4) is 5.75 Å². The lowest BCUT2D eigenvalue weighted by molar-refractivity contribution is 0.0916. The highest BCUT2D eigenvalue weighted by atomic mass is 32.1. The molecule has 0 saturated heterocycles. The number of carbonyl (C=O) groups excluding carboxylic acids is 1. The van der Waals surface area contributed by atoms with Gasteiger partial charge >= 0.3 is 0 Å². The summed E-state index contributed by atoms with van der Waals surface area (Å²) >= 11 is 1.33. The highest BCUT2D eigenvalue weighted by Crippen LogP contribution is 2.24. The van der Waals surface area contributed by atoms with Crippen LogP contribution >= 0.6 is 11.3 Å². The van der Waals surface area contributed by atoms with Gasteiger partial charge in [0.05, 0.1) is 19.8 Å². The number of ether oxygens (including phenoxy) is 1. The third-order valence-electron chi connectivity index (χ3n) is 2.10. The highest BCUT2D eigenvalue weighted by Gasteiger charge is 2.16. The number of carbonyl (C=O) groups is 1. The summed E-state index contributed by atoms with van der Waals surface area (Å²) in [6, 6.07) is 1.56. The standard InChI is InChI=1S/C10H15NO3S/c1-3-7(6-12)11-10(13)9-8(14-2)4-5-15-9/h4-5,7,12H,3,6H2,1-2H3,(H,11,13)/t7-/m1/s1. The average molecular weight is 229 g/mol. The van der Waals surface area contributed by atoms with Crippen molar-refractivity contribution in [3.05, 3.63) is 16.3 Å². The van der Waals surface area contributed by atoms with Gasteiger partial charge in [0.1, 0.15) is 10.6 Å². The third kappa shape index (κ3) is 2.94. The van der Waals surface area contributed by atoms with Gasteiger partial charge in [-0.25, -0.2) is 0 Å². The lowest BCUT2D eigenvalue weighted by Crippen LogP contribution is -2.36. The Morgan fingerprint density at radius 3 is 3.00 bits per heavy atom. The molecule has 1 aromatic rings. The van der Waals surface area contributed by atoms with Gasteiger partial charge < -0.3 is 15.2 Å². The predicted octanol–water partition coefficient (Wildman–Crippen LogP) is 1.26. The zero-order valence-corrected chi connectivity index (χ0v) is 9.63.